The zero-order valence-corrected chi connectivity index (χ0v) is 11.5. The van der Waals surface area contributed by atoms with Crippen LogP contribution >= 0.6 is 0 Å². The number of carbonyl (C=O) groups is 1. The lowest BCUT2D eigenvalue weighted by molar-refractivity contribution is 0.0691. The summed E-state index contributed by atoms with van der Waals surface area (Å²) < 4.78 is 5.29. The summed E-state index contributed by atoms with van der Waals surface area (Å²) >= 11 is 0. The fraction of sp³-hybridized carbons (Fsp3) is 0.643. The minimum absolute atomic E-state index is 0.274. The van der Waals surface area contributed by atoms with Crippen molar-refractivity contribution in [3.8, 4) is 0 Å². The Morgan fingerprint density at radius 2 is 2.17 bits per heavy atom. The Morgan fingerprint density at radius 3 is 2.72 bits per heavy atom. The van der Waals surface area contributed by atoms with Crippen LogP contribution in [0.3, 0.4) is 0 Å². The number of carboxylic acids is 1. The van der Waals surface area contributed by atoms with Crippen molar-refractivity contribution in [2.24, 2.45) is 0 Å². The molecule has 18 heavy (non-hydrogen) atoms. The molecule has 0 atom stereocenters. The first-order valence-corrected chi connectivity index (χ1v) is 6.60. The maximum atomic E-state index is 11.0. The van der Waals surface area contributed by atoms with Gasteiger partial charge in [0.1, 0.15) is 11.3 Å². The fourth-order valence-electron chi connectivity index (χ4n) is 1.92. The lowest BCUT2D eigenvalue weighted by Crippen LogP contribution is -2.31. The highest BCUT2D eigenvalue weighted by Crippen LogP contribution is 2.15. The third-order valence-corrected chi connectivity index (χ3v) is 3.10. The molecule has 102 valence electrons. The summed E-state index contributed by atoms with van der Waals surface area (Å²) in [6, 6.07) is 1.90. The summed E-state index contributed by atoms with van der Waals surface area (Å²) in [5.74, 6) is -0.372. The monoisotopic (exact) mass is 253 g/mol. The molecule has 1 aromatic rings. The van der Waals surface area contributed by atoms with Gasteiger partial charge in [-0.15, -0.1) is 0 Å². The fourth-order valence-corrected chi connectivity index (χ4v) is 1.92. The Morgan fingerprint density at radius 1 is 1.44 bits per heavy atom. The van der Waals surface area contributed by atoms with Gasteiger partial charge in [0.25, 0.3) is 0 Å². The summed E-state index contributed by atoms with van der Waals surface area (Å²) in [6.07, 6.45) is 4.97. The van der Waals surface area contributed by atoms with Crippen LogP contribution in [-0.2, 0) is 6.54 Å². The SMILES string of the molecule is CCCCCN(Cc1occc1C(=O)O)C(C)C. The van der Waals surface area contributed by atoms with Gasteiger partial charge in [-0.2, -0.15) is 0 Å². The van der Waals surface area contributed by atoms with Gasteiger partial charge in [-0.3, -0.25) is 4.90 Å². The van der Waals surface area contributed by atoms with E-state index in [9.17, 15) is 4.79 Å². The molecule has 0 amide bonds. The second-order valence-corrected chi connectivity index (χ2v) is 4.83. The van der Waals surface area contributed by atoms with Gasteiger partial charge in [-0.1, -0.05) is 19.8 Å². The Kier molecular flexibility index (Phi) is 5.92. The van der Waals surface area contributed by atoms with Crippen LogP contribution in [0.25, 0.3) is 0 Å². The van der Waals surface area contributed by atoms with E-state index in [-0.39, 0.29) is 5.56 Å². The largest absolute Gasteiger partial charge is 0.478 e. The quantitative estimate of drug-likeness (QED) is 0.722. The molecule has 1 N–H and O–H groups in total. The lowest BCUT2D eigenvalue weighted by atomic mass is 10.2. The van der Waals surface area contributed by atoms with E-state index in [0.29, 0.717) is 18.3 Å². The van der Waals surface area contributed by atoms with Crippen LogP contribution in [0, 0.1) is 0 Å². The minimum Gasteiger partial charge on any atom is -0.478 e. The summed E-state index contributed by atoms with van der Waals surface area (Å²) in [4.78, 5) is 13.3. The van der Waals surface area contributed by atoms with Crippen LogP contribution in [-0.4, -0.2) is 28.6 Å². The van der Waals surface area contributed by atoms with Gasteiger partial charge in [0, 0.05) is 6.04 Å². The van der Waals surface area contributed by atoms with Gasteiger partial charge in [0.15, 0.2) is 0 Å². The van der Waals surface area contributed by atoms with Crippen LogP contribution in [0.5, 0.6) is 0 Å². The van der Waals surface area contributed by atoms with Gasteiger partial charge >= 0.3 is 5.97 Å². The van der Waals surface area contributed by atoms with E-state index >= 15 is 0 Å². The van der Waals surface area contributed by atoms with Crippen molar-refractivity contribution < 1.29 is 14.3 Å². The third kappa shape index (κ3) is 4.18. The average molecular weight is 253 g/mol. The van der Waals surface area contributed by atoms with Crippen molar-refractivity contribution in [2.75, 3.05) is 6.54 Å². The number of unbranched alkanes of at least 4 members (excludes halogenated alkanes) is 2. The molecule has 1 rings (SSSR count). The highest BCUT2D eigenvalue weighted by molar-refractivity contribution is 5.88. The topological polar surface area (TPSA) is 53.7 Å². The number of rotatable bonds is 8. The van der Waals surface area contributed by atoms with Crippen molar-refractivity contribution in [1.29, 1.82) is 0 Å². The van der Waals surface area contributed by atoms with Gasteiger partial charge in [-0.25, -0.2) is 4.79 Å². The van der Waals surface area contributed by atoms with Crippen molar-refractivity contribution >= 4 is 5.97 Å². The molecule has 0 aromatic carbocycles. The molecule has 0 bridgehead atoms. The molecule has 0 spiro atoms. The first kappa shape index (κ1) is 14.8. The zero-order valence-electron chi connectivity index (χ0n) is 11.5. The predicted octanol–water partition coefficient (Wildman–Crippen LogP) is 3.38. The smallest absolute Gasteiger partial charge is 0.339 e. The highest BCUT2D eigenvalue weighted by atomic mass is 16.4. The molecular formula is C14H23NO3. The molecule has 0 fully saturated rings. The summed E-state index contributed by atoms with van der Waals surface area (Å²) in [5, 5.41) is 9.04. The van der Waals surface area contributed by atoms with Crippen molar-refractivity contribution in [2.45, 2.75) is 52.6 Å². The first-order chi connectivity index (χ1) is 8.56. The molecule has 0 aliphatic carbocycles. The van der Waals surface area contributed by atoms with E-state index < -0.39 is 5.97 Å². The molecule has 0 saturated carbocycles. The second kappa shape index (κ2) is 7.21. The summed E-state index contributed by atoms with van der Waals surface area (Å²) in [6.45, 7) is 7.96. The number of carboxylic acid groups (broad SMARTS) is 1. The average Bonchev–Trinajstić information content (AvgIpc) is 2.76. The Balaban J connectivity index is 2.65. The third-order valence-electron chi connectivity index (χ3n) is 3.10. The summed E-state index contributed by atoms with van der Waals surface area (Å²) in [5.41, 5.74) is 0.274. The lowest BCUT2D eigenvalue weighted by Gasteiger charge is -2.25. The first-order valence-electron chi connectivity index (χ1n) is 6.60. The van der Waals surface area contributed by atoms with E-state index in [1.165, 1.54) is 25.2 Å². The maximum Gasteiger partial charge on any atom is 0.339 e. The van der Waals surface area contributed by atoms with Gasteiger partial charge < -0.3 is 9.52 Å². The molecule has 1 heterocycles. The van der Waals surface area contributed by atoms with Crippen molar-refractivity contribution in [1.82, 2.24) is 4.90 Å². The van der Waals surface area contributed by atoms with Crippen LogP contribution in [0.4, 0.5) is 0 Å². The van der Waals surface area contributed by atoms with Gasteiger partial charge in [-0.05, 0) is 32.9 Å². The van der Waals surface area contributed by atoms with Crippen LogP contribution in [0.1, 0.15) is 56.2 Å². The Bertz CT molecular complexity index is 371. The maximum absolute atomic E-state index is 11.0. The van der Waals surface area contributed by atoms with E-state index in [1.54, 1.807) is 0 Å². The number of aromatic carboxylic acids is 1. The molecule has 0 radical (unpaired) electrons. The number of hydrogen-bond acceptors (Lipinski definition) is 3. The molecular weight excluding hydrogens is 230 g/mol. The van der Waals surface area contributed by atoms with Gasteiger partial charge in [0.05, 0.1) is 12.8 Å². The van der Waals surface area contributed by atoms with E-state index in [0.717, 1.165) is 13.0 Å². The predicted molar refractivity (Wildman–Crippen MR) is 70.7 cm³/mol. The normalized spacial score (nSPS) is 11.4. The molecule has 4 heteroatoms. The minimum atomic E-state index is -0.920. The standard InChI is InChI=1S/C14H23NO3/c1-4-5-6-8-15(11(2)3)10-13-12(14(16)17)7-9-18-13/h7,9,11H,4-6,8,10H2,1-3H3,(H,16,17). The van der Waals surface area contributed by atoms with Crippen LogP contribution < -0.4 is 0 Å². The van der Waals surface area contributed by atoms with E-state index in [4.69, 9.17) is 9.52 Å². The molecule has 4 nitrogen and oxygen atoms in total. The van der Waals surface area contributed by atoms with E-state index in [1.807, 2.05) is 0 Å². The zero-order chi connectivity index (χ0) is 13.5. The molecule has 0 aliphatic rings. The number of hydrogen-bond donors (Lipinski definition) is 1. The van der Waals surface area contributed by atoms with Gasteiger partial charge in [0.2, 0.25) is 0 Å². The molecule has 1 aromatic heterocycles. The molecule has 0 saturated heterocycles. The van der Waals surface area contributed by atoms with Crippen molar-refractivity contribution in [3.05, 3.63) is 23.7 Å². The Hall–Kier alpha value is -1.29. The highest BCUT2D eigenvalue weighted by Gasteiger charge is 2.18. The molecule has 0 unspecified atom stereocenters. The van der Waals surface area contributed by atoms with E-state index in [2.05, 4.69) is 25.7 Å². The Labute approximate surface area is 109 Å². The number of nitrogens with zero attached hydrogens (tertiary/aromatic N) is 1. The van der Waals surface area contributed by atoms with Crippen molar-refractivity contribution in [3.63, 3.8) is 0 Å². The second-order valence-electron chi connectivity index (χ2n) is 4.83. The summed E-state index contributed by atoms with van der Waals surface area (Å²) in [7, 11) is 0. The van der Waals surface area contributed by atoms with Crippen LogP contribution in [0.2, 0.25) is 0 Å². The molecule has 0 aliphatic heterocycles. The van der Waals surface area contributed by atoms with Crippen LogP contribution in [0.15, 0.2) is 16.7 Å². The number of furan rings is 1.